The van der Waals surface area contributed by atoms with Crippen LogP contribution in [-0.2, 0) is 0 Å². The van der Waals surface area contributed by atoms with Crippen molar-refractivity contribution in [2.45, 2.75) is 39.0 Å². The average Bonchev–Trinajstić information content (AvgIpc) is 2.39. The van der Waals surface area contributed by atoms with Gasteiger partial charge in [-0.05, 0) is 18.8 Å². The van der Waals surface area contributed by atoms with Gasteiger partial charge in [0.25, 0.3) is 5.91 Å². The maximum absolute atomic E-state index is 11.9. The molecule has 1 amide bonds. The lowest BCUT2D eigenvalue weighted by atomic mass is 9.83. The first-order chi connectivity index (χ1) is 9.29. The molecule has 1 aliphatic rings. The molecule has 1 aromatic rings. The van der Waals surface area contributed by atoms with Crippen LogP contribution in [0, 0.1) is 5.92 Å². The molecular weight excluding hydrogens is 240 g/mol. The molecule has 104 valence electrons. The molecular formula is C14H22N4O. The summed E-state index contributed by atoms with van der Waals surface area (Å²) in [5.74, 6) is 1.34. The van der Waals surface area contributed by atoms with E-state index < -0.39 is 0 Å². The van der Waals surface area contributed by atoms with E-state index >= 15 is 0 Å². The van der Waals surface area contributed by atoms with Gasteiger partial charge >= 0.3 is 0 Å². The Kier molecular flexibility index (Phi) is 5.12. The second kappa shape index (κ2) is 7.07. The van der Waals surface area contributed by atoms with Crippen molar-refractivity contribution in [1.29, 1.82) is 0 Å². The SMILES string of the molecule is CCCNc1cncc(C(=O)NCCC2CCC2)n1. The Morgan fingerprint density at radius 1 is 1.37 bits per heavy atom. The molecule has 2 N–H and O–H groups in total. The van der Waals surface area contributed by atoms with Crippen molar-refractivity contribution in [2.24, 2.45) is 5.92 Å². The number of hydrogen-bond acceptors (Lipinski definition) is 4. The fourth-order valence-electron chi connectivity index (χ4n) is 2.08. The van der Waals surface area contributed by atoms with E-state index in [1.54, 1.807) is 6.20 Å². The molecule has 1 aromatic heterocycles. The number of amides is 1. The highest BCUT2D eigenvalue weighted by Crippen LogP contribution is 2.28. The van der Waals surface area contributed by atoms with Crippen molar-refractivity contribution in [3.8, 4) is 0 Å². The fourth-order valence-corrected chi connectivity index (χ4v) is 2.08. The molecule has 0 atom stereocenters. The van der Waals surface area contributed by atoms with Crippen molar-refractivity contribution >= 4 is 11.7 Å². The Hall–Kier alpha value is -1.65. The molecule has 1 fully saturated rings. The van der Waals surface area contributed by atoms with Gasteiger partial charge in [0.15, 0.2) is 0 Å². The number of carbonyl (C=O) groups excluding carboxylic acids is 1. The van der Waals surface area contributed by atoms with Gasteiger partial charge in [0.05, 0.1) is 12.4 Å². The second-order valence-electron chi connectivity index (χ2n) is 5.06. The predicted octanol–water partition coefficient (Wildman–Crippen LogP) is 2.22. The Labute approximate surface area is 114 Å². The molecule has 0 aliphatic heterocycles. The van der Waals surface area contributed by atoms with Crippen molar-refractivity contribution in [1.82, 2.24) is 15.3 Å². The highest BCUT2D eigenvalue weighted by atomic mass is 16.1. The zero-order chi connectivity index (χ0) is 13.5. The molecule has 0 radical (unpaired) electrons. The Bertz CT molecular complexity index is 418. The van der Waals surface area contributed by atoms with E-state index in [2.05, 4.69) is 27.5 Å². The third-order valence-electron chi connectivity index (χ3n) is 3.49. The van der Waals surface area contributed by atoms with Crippen molar-refractivity contribution in [3.63, 3.8) is 0 Å². The second-order valence-corrected chi connectivity index (χ2v) is 5.06. The summed E-state index contributed by atoms with van der Waals surface area (Å²) < 4.78 is 0. The van der Waals surface area contributed by atoms with Crippen LogP contribution >= 0.6 is 0 Å². The number of aromatic nitrogens is 2. The van der Waals surface area contributed by atoms with E-state index in [9.17, 15) is 4.79 Å². The lowest BCUT2D eigenvalue weighted by Crippen LogP contribution is -2.28. The predicted molar refractivity (Wildman–Crippen MR) is 75.1 cm³/mol. The third kappa shape index (κ3) is 4.19. The summed E-state index contributed by atoms with van der Waals surface area (Å²) in [5, 5.41) is 6.04. The molecule has 2 rings (SSSR count). The van der Waals surface area contributed by atoms with Gasteiger partial charge in [-0.3, -0.25) is 9.78 Å². The van der Waals surface area contributed by atoms with Crippen LogP contribution in [0.4, 0.5) is 5.82 Å². The van der Waals surface area contributed by atoms with E-state index in [1.807, 2.05) is 0 Å². The summed E-state index contributed by atoms with van der Waals surface area (Å²) >= 11 is 0. The Morgan fingerprint density at radius 2 is 2.21 bits per heavy atom. The molecule has 0 aromatic carbocycles. The van der Waals surface area contributed by atoms with Crippen LogP contribution in [0.5, 0.6) is 0 Å². The van der Waals surface area contributed by atoms with Crippen LogP contribution in [0.1, 0.15) is 49.5 Å². The van der Waals surface area contributed by atoms with Gasteiger partial charge in [0.2, 0.25) is 0 Å². The molecule has 0 bridgehead atoms. The average molecular weight is 262 g/mol. The highest BCUT2D eigenvalue weighted by Gasteiger charge is 2.17. The fraction of sp³-hybridized carbons (Fsp3) is 0.643. The van der Waals surface area contributed by atoms with Crippen LogP contribution in [0.25, 0.3) is 0 Å². The minimum absolute atomic E-state index is 0.132. The number of nitrogens with zero attached hydrogens (tertiary/aromatic N) is 2. The third-order valence-corrected chi connectivity index (χ3v) is 3.49. The summed E-state index contributed by atoms with van der Waals surface area (Å²) in [7, 11) is 0. The van der Waals surface area contributed by atoms with Crippen LogP contribution < -0.4 is 10.6 Å². The minimum Gasteiger partial charge on any atom is -0.369 e. The summed E-state index contributed by atoms with van der Waals surface area (Å²) in [6.07, 6.45) is 9.20. The number of nitrogens with one attached hydrogen (secondary N) is 2. The van der Waals surface area contributed by atoms with Gasteiger partial charge in [-0.2, -0.15) is 0 Å². The molecule has 0 unspecified atom stereocenters. The summed E-state index contributed by atoms with van der Waals surface area (Å²) in [6, 6.07) is 0. The lowest BCUT2D eigenvalue weighted by Gasteiger charge is -2.25. The summed E-state index contributed by atoms with van der Waals surface area (Å²) in [6.45, 7) is 3.65. The Morgan fingerprint density at radius 3 is 2.89 bits per heavy atom. The number of rotatable bonds is 7. The topological polar surface area (TPSA) is 66.9 Å². The smallest absolute Gasteiger partial charge is 0.271 e. The van der Waals surface area contributed by atoms with Crippen molar-refractivity contribution < 1.29 is 4.79 Å². The standard InChI is InChI=1S/C14H22N4O/c1-2-7-16-13-10-15-9-12(18-13)14(19)17-8-6-11-4-3-5-11/h9-11H,2-8H2,1H3,(H,16,18)(H,17,19). The van der Waals surface area contributed by atoms with E-state index in [0.717, 1.165) is 31.8 Å². The van der Waals surface area contributed by atoms with Gasteiger partial charge in [-0.15, -0.1) is 0 Å². The molecule has 5 heteroatoms. The zero-order valence-electron chi connectivity index (χ0n) is 11.5. The van der Waals surface area contributed by atoms with E-state index in [0.29, 0.717) is 11.5 Å². The van der Waals surface area contributed by atoms with E-state index in [1.165, 1.54) is 25.5 Å². The van der Waals surface area contributed by atoms with Gasteiger partial charge in [0.1, 0.15) is 11.5 Å². The monoisotopic (exact) mass is 262 g/mol. The van der Waals surface area contributed by atoms with Crippen LogP contribution in [0.15, 0.2) is 12.4 Å². The lowest BCUT2D eigenvalue weighted by molar-refractivity contribution is 0.0943. The molecule has 1 heterocycles. The largest absolute Gasteiger partial charge is 0.369 e. The van der Waals surface area contributed by atoms with Crippen LogP contribution in [0.3, 0.4) is 0 Å². The van der Waals surface area contributed by atoms with Crippen LogP contribution in [0.2, 0.25) is 0 Å². The van der Waals surface area contributed by atoms with Crippen molar-refractivity contribution in [2.75, 3.05) is 18.4 Å². The van der Waals surface area contributed by atoms with Gasteiger partial charge in [-0.1, -0.05) is 26.2 Å². The van der Waals surface area contributed by atoms with Gasteiger partial charge in [-0.25, -0.2) is 4.98 Å². The maximum atomic E-state index is 11.9. The molecule has 5 nitrogen and oxygen atoms in total. The molecule has 1 saturated carbocycles. The first kappa shape index (κ1) is 13.8. The first-order valence-electron chi connectivity index (χ1n) is 7.13. The zero-order valence-corrected chi connectivity index (χ0v) is 11.5. The quantitative estimate of drug-likeness (QED) is 0.790. The summed E-state index contributed by atoms with van der Waals surface area (Å²) in [5.41, 5.74) is 0.384. The molecule has 19 heavy (non-hydrogen) atoms. The van der Waals surface area contributed by atoms with Gasteiger partial charge in [0, 0.05) is 13.1 Å². The normalized spacial score (nSPS) is 14.8. The number of anilines is 1. The summed E-state index contributed by atoms with van der Waals surface area (Å²) in [4.78, 5) is 20.2. The minimum atomic E-state index is -0.132. The van der Waals surface area contributed by atoms with Crippen molar-refractivity contribution in [3.05, 3.63) is 18.1 Å². The highest BCUT2D eigenvalue weighted by molar-refractivity contribution is 5.92. The molecule has 0 spiro atoms. The first-order valence-corrected chi connectivity index (χ1v) is 7.13. The molecule has 1 aliphatic carbocycles. The molecule has 0 saturated heterocycles. The van der Waals surface area contributed by atoms with E-state index in [4.69, 9.17) is 0 Å². The van der Waals surface area contributed by atoms with E-state index in [-0.39, 0.29) is 5.91 Å². The van der Waals surface area contributed by atoms with Crippen LogP contribution in [-0.4, -0.2) is 29.0 Å². The number of carbonyl (C=O) groups is 1. The number of hydrogen-bond donors (Lipinski definition) is 2. The Balaban J connectivity index is 1.79. The van der Waals surface area contributed by atoms with Gasteiger partial charge < -0.3 is 10.6 Å². The maximum Gasteiger partial charge on any atom is 0.271 e.